The van der Waals surface area contributed by atoms with E-state index < -0.39 is 0 Å². The highest BCUT2D eigenvalue weighted by molar-refractivity contribution is 7.09. The molecule has 0 bridgehead atoms. The maximum atomic E-state index is 13.2. The lowest BCUT2D eigenvalue weighted by molar-refractivity contribution is 0.0735. The van der Waals surface area contributed by atoms with Crippen LogP contribution in [0.1, 0.15) is 27.5 Å². The SMILES string of the molecule is O=C(c1ccc2ccccc2n1)N(CCCc1ccccc1)Cc1nccs1. The Balaban J connectivity index is 1.51. The first-order valence-corrected chi connectivity index (χ1v) is 10.2. The van der Waals surface area contributed by atoms with Gasteiger partial charge in [-0.25, -0.2) is 9.97 Å². The van der Waals surface area contributed by atoms with Crippen LogP contribution in [0.4, 0.5) is 0 Å². The normalized spacial score (nSPS) is 10.9. The summed E-state index contributed by atoms with van der Waals surface area (Å²) in [5, 5.41) is 3.92. The summed E-state index contributed by atoms with van der Waals surface area (Å²) in [5.41, 5.74) is 2.61. The maximum Gasteiger partial charge on any atom is 0.272 e. The molecule has 0 N–H and O–H groups in total. The Labute approximate surface area is 168 Å². The lowest BCUT2D eigenvalue weighted by atomic mass is 10.1. The summed E-state index contributed by atoms with van der Waals surface area (Å²) < 4.78 is 0. The lowest BCUT2D eigenvalue weighted by Gasteiger charge is -2.21. The molecular weight excluding hydrogens is 366 g/mol. The van der Waals surface area contributed by atoms with Crippen molar-refractivity contribution in [3.63, 3.8) is 0 Å². The van der Waals surface area contributed by atoms with Crippen LogP contribution in [0.25, 0.3) is 10.9 Å². The zero-order valence-electron chi connectivity index (χ0n) is 15.5. The molecule has 4 nitrogen and oxygen atoms in total. The largest absolute Gasteiger partial charge is 0.331 e. The van der Waals surface area contributed by atoms with Crippen LogP contribution in [-0.2, 0) is 13.0 Å². The van der Waals surface area contributed by atoms with Crippen LogP contribution in [0.5, 0.6) is 0 Å². The number of aromatic nitrogens is 2. The maximum absolute atomic E-state index is 13.2. The monoisotopic (exact) mass is 387 g/mol. The molecule has 0 aliphatic carbocycles. The molecule has 4 rings (SSSR count). The van der Waals surface area contributed by atoms with Crippen molar-refractivity contribution in [2.75, 3.05) is 6.54 Å². The molecule has 0 saturated carbocycles. The van der Waals surface area contributed by atoms with E-state index in [0.29, 0.717) is 18.8 Å². The van der Waals surface area contributed by atoms with Gasteiger partial charge in [-0.15, -0.1) is 11.3 Å². The topological polar surface area (TPSA) is 46.1 Å². The van der Waals surface area contributed by atoms with Crippen LogP contribution in [-0.4, -0.2) is 27.3 Å². The number of amides is 1. The molecule has 0 radical (unpaired) electrons. The minimum absolute atomic E-state index is 0.0472. The summed E-state index contributed by atoms with van der Waals surface area (Å²) in [4.78, 5) is 24.0. The Morgan fingerprint density at radius 2 is 1.79 bits per heavy atom. The Morgan fingerprint density at radius 1 is 0.964 bits per heavy atom. The fraction of sp³-hybridized carbons (Fsp3) is 0.174. The summed E-state index contributed by atoms with van der Waals surface area (Å²) in [6.07, 6.45) is 3.61. The molecule has 28 heavy (non-hydrogen) atoms. The van der Waals surface area contributed by atoms with Gasteiger partial charge in [-0.2, -0.15) is 0 Å². The summed E-state index contributed by atoms with van der Waals surface area (Å²) in [6, 6.07) is 22.0. The predicted octanol–water partition coefficient (Wildman–Crippen LogP) is 4.97. The third-order valence-corrected chi connectivity index (χ3v) is 5.42. The van der Waals surface area contributed by atoms with Gasteiger partial charge in [0.1, 0.15) is 10.7 Å². The van der Waals surface area contributed by atoms with Gasteiger partial charge in [-0.1, -0.05) is 54.6 Å². The Morgan fingerprint density at radius 3 is 2.61 bits per heavy atom. The number of thiazole rings is 1. The van der Waals surface area contributed by atoms with Gasteiger partial charge in [-0.05, 0) is 30.5 Å². The second kappa shape index (κ2) is 8.76. The quantitative estimate of drug-likeness (QED) is 0.450. The first kappa shape index (κ1) is 18.3. The molecule has 0 spiro atoms. The molecule has 5 heteroatoms. The Kier molecular flexibility index (Phi) is 5.73. The molecule has 2 aromatic heterocycles. The van der Waals surface area contributed by atoms with Gasteiger partial charge < -0.3 is 4.90 Å². The minimum Gasteiger partial charge on any atom is -0.331 e. The van der Waals surface area contributed by atoms with Gasteiger partial charge in [0.2, 0.25) is 0 Å². The molecule has 0 unspecified atom stereocenters. The standard InChI is InChI=1S/C23H21N3OS/c27-23(21-13-12-19-10-4-5-11-20(19)25-21)26(17-22-24-14-16-28-22)15-6-9-18-7-2-1-3-8-18/h1-5,7-8,10-14,16H,6,9,15,17H2. The third-order valence-electron chi connectivity index (χ3n) is 4.65. The van der Waals surface area contributed by atoms with E-state index in [2.05, 4.69) is 22.1 Å². The number of carbonyl (C=O) groups is 1. The van der Waals surface area contributed by atoms with Crippen molar-refractivity contribution in [3.8, 4) is 0 Å². The number of hydrogen-bond donors (Lipinski definition) is 0. The van der Waals surface area contributed by atoms with Gasteiger partial charge in [-0.3, -0.25) is 4.79 Å². The number of rotatable bonds is 7. The van der Waals surface area contributed by atoms with Crippen molar-refractivity contribution < 1.29 is 4.79 Å². The zero-order chi connectivity index (χ0) is 19.2. The van der Waals surface area contributed by atoms with Gasteiger partial charge in [0.05, 0.1) is 12.1 Å². The molecule has 2 heterocycles. The average molecular weight is 388 g/mol. The van der Waals surface area contributed by atoms with Crippen LogP contribution < -0.4 is 0 Å². The molecule has 0 atom stereocenters. The molecular formula is C23H21N3OS. The van der Waals surface area contributed by atoms with Gasteiger partial charge in [0, 0.05) is 23.5 Å². The van der Waals surface area contributed by atoms with Crippen molar-refractivity contribution in [1.29, 1.82) is 0 Å². The van der Waals surface area contributed by atoms with E-state index in [1.807, 2.05) is 64.9 Å². The number of hydrogen-bond acceptors (Lipinski definition) is 4. The van der Waals surface area contributed by atoms with Crippen molar-refractivity contribution >= 4 is 28.1 Å². The zero-order valence-corrected chi connectivity index (χ0v) is 16.3. The summed E-state index contributed by atoms with van der Waals surface area (Å²) in [7, 11) is 0. The van der Waals surface area contributed by atoms with E-state index in [-0.39, 0.29) is 5.91 Å². The fourth-order valence-electron chi connectivity index (χ4n) is 3.21. The second-order valence-corrected chi connectivity index (χ2v) is 7.61. The summed E-state index contributed by atoms with van der Waals surface area (Å²) in [5.74, 6) is -0.0472. The smallest absolute Gasteiger partial charge is 0.272 e. The van der Waals surface area contributed by atoms with Crippen LogP contribution in [0, 0.1) is 0 Å². The first-order valence-electron chi connectivity index (χ1n) is 9.37. The highest BCUT2D eigenvalue weighted by Gasteiger charge is 2.18. The van der Waals surface area contributed by atoms with E-state index in [1.165, 1.54) is 5.56 Å². The summed E-state index contributed by atoms with van der Waals surface area (Å²) in [6.45, 7) is 1.18. The minimum atomic E-state index is -0.0472. The highest BCUT2D eigenvalue weighted by atomic mass is 32.1. The number of benzene rings is 2. The number of pyridine rings is 1. The van der Waals surface area contributed by atoms with Crippen molar-refractivity contribution in [1.82, 2.24) is 14.9 Å². The molecule has 0 fully saturated rings. The van der Waals surface area contributed by atoms with E-state index in [1.54, 1.807) is 17.5 Å². The van der Waals surface area contributed by atoms with E-state index in [4.69, 9.17) is 0 Å². The first-order chi connectivity index (χ1) is 13.8. The van der Waals surface area contributed by atoms with Crippen LogP contribution >= 0.6 is 11.3 Å². The average Bonchev–Trinajstić information content (AvgIpc) is 3.26. The molecule has 0 saturated heterocycles. The van der Waals surface area contributed by atoms with Crippen molar-refractivity contribution in [3.05, 3.63) is 94.6 Å². The number of aryl methyl sites for hydroxylation is 1. The Hall–Kier alpha value is -3.05. The molecule has 140 valence electrons. The van der Waals surface area contributed by atoms with Gasteiger partial charge in [0.25, 0.3) is 5.91 Å². The molecule has 2 aromatic carbocycles. The fourth-order valence-corrected chi connectivity index (χ4v) is 3.84. The molecule has 4 aromatic rings. The van der Waals surface area contributed by atoms with Crippen molar-refractivity contribution in [2.24, 2.45) is 0 Å². The van der Waals surface area contributed by atoms with E-state index in [0.717, 1.165) is 28.8 Å². The summed E-state index contributed by atoms with van der Waals surface area (Å²) >= 11 is 1.57. The second-order valence-electron chi connectivity index (χ2n) is 6.63. The molecule has 0 aliphatic rings. The Bertz CT molecular complexity index is 1050. The number of nitrogens with zero attached hydrogens (tertiary/aromatic N) is 3. The van der Waals surface area contributed by atoms with E-state index >= 15 is 0 Å². The van der Waals surface area contributed by atoms with E-state index in [9.17, 15) is 4.79 Å². The lowest BCUT2D eigenvalue weighted by Crippen LogP contribution is -2.32. The predicted molar refractivity (Wildman–Crippen MR) is 113 cm³/mol. The molecule has 0 aliphatic heterocycles. The third kappa shape index (κ3) is 4.43. The molecule has 1 amide bonds. The van der Waals surface area contributed by atoms with Gasteiger partial charge in [0.15, 0.2) is 0 Å². The number of carbonyl (C=O) groups excluding carboxylic acids is 1. The van der Waals surface area contributed by atoms with Crippen LogP contribution in [0.3, 0.4) is 0 Å². The van der Waals surface area contributed by atoms with Gasteiger partial charge >= 0.3 is 0 Å². The number of para-hydroxylation sites is 1. The van der Waals surface area contributed by atoms with Crippen LogP contribution in [0.2, 0.25) is 0 Å². The highest BCUT2D eigenvalue weighted by Crippen LogP contribution is 2.16. The van der Waals surface area contributed by atoms with Crippen molar-refractivity contribution in [2.45, 2.75) is 19.4 Å². The van der Waals surface area contributed by atoms with Crippen LogP contribution in [0.15, 0.2) is 78.3 Å². The number of fused-ring (bicyclic) bond motifs is 1.